The molecule has 0 radical (unpaired) electrons. The second-order valence-electron chi connectivity index (χ2n) is 7.92. The van der Waals surface area contributed by atoms with Crippen molar-refractivity contribution in [3.05, 3.63) is 48.0 Å². The average Bonchev–Trinajstić information content (AvgIpc) is 2.74. The van der Waals surface area contributed by atoms with Gasteiger partial charge >= 0.3 is 0 Å². The highest BCUT2D eigenvalue weighted by molar-refractivity contribution is 8.00. The van der Waals surface area contributed by atoms with Crippen LogP contribution in [0.25, 0.3) is 0 Å². The van der Waals surface area contributed by atoms with Crippen molar-refractivity contribution < 1.29 is 17.9 Å². The number of likely N-dealkylation sites (N-methyl/N-ethyl adjacent to an activating group) is 1. The van der Waals surface area contributed by atoms with E-state index in [1.54, 1.807) is 23.9 Å². The molecule has 2 aliphatic rings. The zero-order valence-corrected chi connectivity index (χ0v) is 19.8. The molecule has 0 N–H and O–H groups in total. The zero-order valence-electron chi connectivity index (χ0n) is 18.1. The molecule has 0 spiro atoms. The van der Waals surface area contributed by atoms with E-state index in [4.69, 9.17) is 9.47 Å². The molecule has 2 aromatic carbocycles. The highest BCUT2D eigenvalue weighted by Gasteiger charge is 2.30. The van der Waals surface area contributed by atoms with Crippen molar-refractivity contribution in [3.8, 4) is 5.75 Å². The number of aryl methyl sites for hydroxylation is 1. The monoisotopic (exact) mass is 462 g/mol. The summed E-state index contributed by atoms with van der Waals surface area (Å²) in [6.07, 6.45) is 1.15. The number of likely N-dealkylation sites (tertiary alicyclic amines) is 1. The molecule has 0 atom stereocenters. The highest BCUT2D eigenvalue weighted by Crippen LogP contribution is 2.40. The van der Waals surface area contributed by atoms with E-state index < -0.39 is 10.0 Å². The maximum absolute atomic E-state index is 13.3. The predicted octanol–water partition coefficient (Wildman–Crippen LogP) is 3.79. The van der Waals surface area contributed by atoms with Gasteiger partial charge in [-0.3, -0.25) is 9.21 Å². The van der Waals surface area contributed by atoms with Gasteiger partial charge in [-0.15, -0.1) is 11.8 Å². The Kier molecular flexibility index (Phi) is 7.11. The minimum Gasteiger partial charge on any atom is -0.493 e. The van der Waals surface area contributed by atoms with Crippen molar-refractivity contribution in [2.75, 3.05) is 49.5 Å². The van der Waals surface area contributed by atoms with Gasteiger partial charge in [0.2, 0.25) is 0 Å². The zero-order chi connectivity index (χ0) is 21.8. The third kappa shape index (κ3) is 5.19. The molecule has 4 rings (SSSR count). The molecule has 31 heavy (non-hydrogen) atoms. The largest absolute Gasteiger partial charge is 0.493 e. The molecule has 0 aromatic heterocycles. The number of hydrogen-bond donors (Lipinski definition) is 0. The van der Waals surface area contributed by atoms with Crippen molar-refractivity contribution in [2.24, 2.45) is 0 Å². The van der Waals surface area contributed by atoms with Crippen LogP contribution in [0.1, 0.15) is 18.9 Å². The molecule has 6 nitrogen and oxygen atoms in total. The number of sulfonamides is 1. The Morgan fingerprint density at radius 3 is 2.61 bits per heavy atom. The summed E-state index contributed by atoms with van der Waals surface area (Å²) < 4.78 is 39.8. The summed E-state index contributed by atoms with van der Waals surface area (Å²) in [4.78, 5) is 3.63. The molecule has 8 heteroatoms. The lowest BCUT2D eigenvalue weighted by Crippen LogP contribution is -2.51. The summed E-state index contributed by atoms with van der Waals surface area (Å²) in [6.45, 7) is 8.89. The Morgan fingerprint density at radius 2 is 1.87 bits per heavy atom. The van der Waals surface area contributed by atoms with Crippen LogP contribution in [0.4, 0.5) is 5.69 Å². The summed E-state index contributed by atoms with van der Waals surface area (Å²) in [7, 11) is -3.61. The number of hydrogen-bond acceptors (Lipinski definition) is 6. The van der Waals surface area contributed by atoms with E-state index in [-0.39, 0.29) is 0 Å². The minimum absolute atomic E-state index is 0.317. The summed E-state index contributed by atoms with van der Waals surface area (Å²) in [5.41, 5.74) is 1.73. The fourth-order valence-corrected chi connectivity index (χ4v) is 6.36. The second-order valence-corrected chi connectivity index (χ2v) is 10.9. The van der Waals surface area contributed by atoms with E-state index in [1.807, 2.05) is 37.3 Å². The molecule has 0 saturated carbocycles. The molecule has 168 valence electrons. The number of benzene rings is 2. The lowest BCUT2D eigenvalue weighted by Gasteiger charge is -2.38. The Hall–Kier alpha value is -1.74. The van der Waals surface area contributed by atoms with E-state index in [0.29, 0.717) is 42.2 Å². The van der Waals surface area contributed by atoms with Crippen LogP contribution in [0.5, 0.6) is 5.75 Å². The van der Waals surface area contributed by atoms with Crippen LogP contribution in [0.2, 0.25) is 0 Å². The van der Waals surface area contributed by atoms with Gasteiger partial charge in [-0.2, -0.15) is 0 Å². The van der Waals surface area contributed by atoms with Gasteiger partial charge in [0.05, 0.1) is 29.9 Å². The van der Waals surface area contributed by atoms with Gasteiger partial charge in [0.1, 0.15) is 5.75 Å². The maximum Gasteiger partial charge on any atom is 0.264 e. The number of anilines is 1. The molecule has 0 bridgehead atoms. The molecule has 2 aliphatic heterocycles. The van der Waals surface area contributed by atoms with Crippen LogP contribution >= 0.6 is 11.8 Å². The summed E-state index contributed by atoms with van der Waals surface area (Å²) in [5.74, 6) is 1.41. The van der Waals surface area contributed by atoms with Crippen molar-refractivity contribution in [2.45, 2.75) is 36.2 Å². The standard InChI is InChI=1S/C23H30N2O4S2/c1-3-24-16-20(17-24)29-13-4-12-28-19-7-10-23-22(15-19)25(11-14-30-23)31(26,27)21-8-5-18(2)6-9-21/h5-10,15,20H,3-4,11-14,16-17H2,1-2H3. The Morgan fingerprint density at radius 1 is 1.10 bits per heavy atom. The lowest BCUT2D eigenvalue weighted by molar-refractivity contribution is -0.0544. The van der Waals surface area contributed by atoms with Crippen molar-refractivity contribution in [1.29, 1.82) is 0 Å². The van der Waals surface area contributed by atoms with Gasteiger partial charge in [-0.1, -0.05) is 24.6 Å². The summed E-state index contributed by atoms with van der Waals surface area (Å²) in [5, 5.41) is 0. The first kappa shape index (κ1) is 22.5. The van der Waals surface area contributed by atoms with E-state index in [2.05, 4.69) is 11.8 Å². The maximum atomic E-state index is 13.3. The molecule has 0 aliphatic carbocycles. The number of rotatable bonds is 9. The number of thioether (sulfide) groups is 1. The summed E-state index contributed by atoms with van der Waals surface area (Å²) in [6, 6.07) is 12.7. The SMILES string of the molecule is CCN1CC(OCCCOc2ccc3c(c2)N(S(=O)(=O)c2ccc(C)cc2)CCS3)C1. The van der Waals surface area contributed by atoms with Crippen LogP contribution in [0, 0.1) is 6.92 Å². The Balaban J connectivity index is 1.38. The first-order chi connectivity index (χ1) is 15.0. The number of fused-ring (bicyclic) bond motifs is 1. The van der Waals surface area contributed by atoms with Gasteiger partial charge in [-0.25, -0.2) is 8.42 Å². The van der Waals surface area contributed by atoms with Gasteiger partial charge < -0.3 is 9.47 Å². The van der Waals surface area contributed by atoms with Crippen LogP contribution in [0.3, 0.4) is 0 Å². The summed E-state index contributed by atoms with van der Waals surface area (Å²) >= 11 is 1.68. The highest BCUT2D eigenvalue weighted by atomic mass is 32.2. The first-order valence-electron chi connectivity index (χ1n) is 10.8. The Labute approximate surface area is 189 Å². The van der Waals surface area contributed by atoms with E-state index >= 15 is 0 Å². The van der Waals surface area contributed by atoms with Crippen LogP contribution < -0.4 is 9.04 Å². The molecule has 1 fully saturated rings. The van der Waals surface area contributed by atoms with Gasteiger partial charge in [-0.05, 0) is 37.7 Å². The third-order valence-corrected chi connectivity index (χ3v) is 8.51. The minimum atomic E-state index is -3.61. The lowest BCUT2D eigenvalue weighted by atomic mass is 10.2. The van der Waals surface area contributed by atoms with Crippen molar-refractivity contribution in [3.63, 3.8) is 0 Å². The van der Waals surface area contributed by atoms with E-state index in [0.717, 1.165) is 42.3 Å². The molecular formula is C23H30N2O4S2. The van der Waals surface area contributed by atoms with Crippen molar-refractivity contribution in [1.82, 2.24) is 4.90 Å². The molecule has 1 saturated heterocycles. The molecule has 0 amide bonds. The second kappa shape index (κ2) is 9.81. The van der Waals surface area contributed by atoms with Crippen LogP contribution in [-0.4, -0.2) is 64.6 Å². The normalized spacial score (nSPS) is 17.3. The van der Waals surface area contributed by atoms with Crippen LogP contribution in [-0.2, 0) is 14.8 Å². The predicted molar refractivity (Wildman–Crippen MR) is 125 cm³/mol. The molecule has 2 heterocycles. The molecule has 0 unspecified atom stereocenters. The number of nitrogens with zero attached hydrogens (tertiary/aromatic N) is 2. The molecule has 2 aromatic rings. The quantitative estimate of drug-likeness (QED) is 0.529. The first-order valence-corrected chi connectivity index (χ1v) is 13.2. The van der Waals surface area contributed by atoms with Gasteiger partial charge in [0.25, 0.3) is 10.0 Å². The smallest absolute Gasteiger partial charge is 0.264 e. The topological polar surface area (TPSA) is 59.1 Å². The van der Waals surface area contributed by atoms with Crippen molar-refractivity contribution >= 4 is 27.5 Å². The van der Waals surface area contributed by atoms with Crippen LogP contribution in [0.15, 0.2) is 52.3 Å². The van der Waals surface area contributed by atoms with E-state index in [9.17, 15) is 8.42 Å². The Bertz CT molecular complexity index is 989. The van der Waals surface area contributed by atoms with Gasteiger partial charge in [0, 0.05) is 42.8 Å². The third-order valence-electron chi connectivity index (χ3n) is 5.64. The number of ether oxygens (including phenoxy) is 2. The molecular weight excluding hydrogens is 432 g/mol. The fourth-order valence-electron chi connectivity index (χ4n) is 3.74. The van der Waals surface area contributed by atoms with E-state index in [1.165, 1.54) is 4.31 Å². The average molecular weight is 463 g/mol. The fraction of sp³-hybridized carbons (Fsp3) is 0.478. The van der Waals surface area contributed by atoms with Gasteiger partial charge in [0.15, 0.2) is 0 Å².